The summed E-state index contributed by atoms with van der Waals surface area (Å²) in [5.74, 6) is 0.563. The number of hydrogen-bond donors (Lipinski definition) is 0. The lowest BCUT2D eigenvalue weighted by molar-refractivity contribution is 0.0567. The van der Waals surface area contributed by atoms with Gasteiger partial charge in [0.15, 0.2) is 11.2 Å². The van der Waals surface area contributed by atoms with Crippen molar-refractivity contribution in [1.29, 1.82) is 0 Å². The van der Waals surface area contributed by atoms with E-state index in [2.05, 4.69) is 4.98 Å². The zero-order valence-electron chi connectivity index (χ0n) is 16.9. The van der Waals surface area contributed by atoms with Gasteiger partial charge in [0.2, 0.25) is 0 Å². The molecule has 0 aliphatic carbocycles. The molecular formula is C23H20N2O5S. The van der Waals surface area contributed by atoms with Gasteiger partial charge in [-0.3, -0.25) is 9.59 Å². The van der Waals surface area contributed by atoms with Crippen LogP contribution in [0.15, 0.2) is 57.7 Å². The average molecular weight is 436 g/mol. The number of amides is 1. The maximum Gasteiger partial charge on any atom is 0.289 e. The number of hydrogen-bond acceptors (Lipinski definition) is 7. The summed E-state index contributed by atoms with van der Waals surface area (Å²) in [5, 5.41) is 1.09. The van der Waals surface area contributed by atoms with Crippen LogP contribution in [-0.2, 0) is 0 Å². The summed E-state index contributed by atoms with van der Waals surface area (Å²) < 4.78 is 18.1. The van der Waals surface area contributed by atoms with Gasteiger partial charge in [-0.05, 0) is 24.3 Å². The highest BCUT2D eigenvalue weighted by Crippen LogP contribution is 2.32. The zero-order valence-corrected chi connectivity index (χ0v) is 17.7. The molecule has 2 aromatic heterocycles. The molecule has 0 radical (unpaired) electrons. The number of rotatable bonds is 4. The molecule has 0 bridgehead atoms. The number of carbonyl (C=O) groups is 1. The highest BCUT2D eigenvalue weighted by atomic mass is 32.1. The molecule has 0 saturated carbocycles. The molecule has 1 aliphatic rings. The molecular weight excluding hydrogens is 416 g/mol. The van der Waals surface area contributed by atoms with Crippen LogP contribution < -0.4 is 14.9 Å². The number of piperidine rings is 1. The number of likely N-dealkylation sites (tertiary alicyclic amines) is 1. The molecule has 1 fully saturated rings. The number of para-hydroxylation sites is 1. The fourth-order valence-corrected chi connectivity index (χ4v) is 4.61. The SMILES string of the molecule is COc1ccc2sc(OC3CCN(C(=O)c4cc(=O)c5ccccc5o4)CC3)nc2c1. The van der Waals surface area contributed by atoms with Crippen molar-refractivity contribution >= 4 is 38.4 Å². The highest BCUT2D eigenvalue weighted by Gasteiger charge is 2.27. The molecule has 0 unspecified atom stereocenters. The van der Waals surface area contributed by atoms with E-state index in [-0.39, 0.29) is 23.2 Å². The molecule has 31 heavy (non-hydrogen) atoms. The van der Waals surface area contributed by atoms with Crippen molar-refractivity contribution in [2.75, 3.05) is 20.2 Å². The number of thiazole rings is 1. The third-order valence-electron chi connectivity index (χ3n) is 5.42. The molecule has 2 aromatic carbocycles. The lowest BCUT2D eigenvalue weighted by Gasteiger charge is -2.31. The number of fused-ring (bicyclic) bond motifs is 2. The first-order chi connectivity index (χ1) is 15.1. The topological polar surface area (TPSA) is 81.9 Å². The molecule has 1 amide bonds. The van der Waals surface area contributed by atoms with Gasteiger partial charge in [0.05, 0.1) is 22.7 Å². The average Bonchev–Trinajstić information content (AvgIpc) is 3.20. The number of ether oxygens (including phenoxy) is 2. The Hall–Kier alpha value is -3.39. The first-order valence-corrected chi connectivity index (χ1v) is 10.9. The van der Waals surface area contributed by atoms with E-state index < -0.39 is 0 Å². The van der Waals surface area contributed by atoms with Gasteiger partial charge in [-0.15, -0.1) is 0 Å². The Bertz CT molecular complexity index is 1320. The second-order valence-corrected chi connectivity index (χ2v) is 8.39. The van der Waals surface area contributed by atoms with Gasteiger partial charge in [-0.2, -0.15) is 0 Å². The Balaban J connectivity index is 1.25. The number of nitrogens with zero attached hydrogens (tertiary/aromatic N) is 2. The first kappa shape index (κ1) is 19.6. The van der Waals surface area contributed by atoms with Crippen LogP contribution in [0, 0.1) is 0 Å². The van der Waals surface area contributed by atoms with Gasteiger partial charge in [-0.25, -0.2) is 4.98 Å². The summed E-state index contributed by atoms with van der Waals surface area (Å²) in [6.07, 6.45) is 1.35. The Kier molecular flexibility index (Phi) is 5.07. The van der Waals surface area contributed by atoms with Gasteiger partial charge in [-0.1, -0.05) is 23.5 Å². The molecule has 1 saturated heterocycles. The molecule has 0 spiro atoms. The number of carbonyl (C=O) groups excluding carboxylic acids is 1. The van der Waals surface area contributed by atoms with E-state index in [1.807, 2.05) is 18.2 Å². The normalized spacial score (nSPS) is 14.8. The zero-order chi connectivity index (χ0) is 21.4. The van der Waals surface area contributed by atoms with Crippen molar-refractivity contribution in [2.24, 2.45) is 0 Å². The second-order valence-electron chi connectivity index (χ2n) is 7.39. The van der Waals surface area contributed by atoms with Crippen LogP contribution in [0.4, 0.5) is 0 Å². The summed E-state index contributed by atoms with van der Waals surface area (Å²) >= 11 is 1.50. The van der Waals surface area contributed by atoms with E-state index >= 15 is 0 Å². The van der Waals surface area contributed by atoms with Crippen LogP contribution in [0.2, 0.25) is 0 Å². The standard InChI is InChI=1S/C23H20N2O5S/c1-28-15-6-7-21-17(12-15)24-23(31-21)29-14-8-10-25(11-9-14)22(27)20-13-18(26)16-4-2-3-5-19(16)30-20/h2-7,12-14H,8-11H2,1H3. The van der Waals surface area contributed by atoms with E-state index in [1.54, 1.807) is 36.3 Å². The second kappa shape index (κ2) is 8.03. The molecule has 158 valence electrons. The molecule has 5 rings (SSSR count). The minimum absolute atomic E-state index is 0.0184. The molecule has 0 N–H and O–H groups in total. The first-order valence-electron chi connectivity index (χ1n) is 10.0. The van der Waals surface area contributed by atoms with E-state index in [4.69, 9.17) is 13.9 Å². The van der Waals surface area contributed by atoms with Crippen molar-refractivity contribution in [3.8, 4) is 10.9 Å². The van der Waals surface area contributed by atoms with Crippen LogP contribution in [0.3, 0.4) is 0 Å². The third-order valence-corrected chi connectivity index (χ3v) is 6.34. The lowest BCUT2D eigenvalue weighted by Crippen LogP contribution is -2.42. The number of benzene rings is 2. The Labute approximate surface area is 181 Å². The lowest BCUT2D eigenvalue weighted by atomic mass is 10.1. The van der Waals surface area contributed by atoms with Gasteiger partial charge < -0.3 is 18.8 Å². The van der Waals surface area contributed by atoms with Gasteiger partial charge >= 0.3 is 0 Å². The van der Waals surface area contributed by atoms with E-state index in [1.165, 1.54) is 17.4 Å². The van der Waals surface area contributed by atoms with Crippen molar-refractivity contribution in [2.45, 2.75) is 18.9 Å². The van der Waals surface area contributed by atoms with Gasteiger partial charge in [0.25, 0.3) is 11.1 Å². The number of aromatic nitrogens is 1. The largest absolute Gasteiger partial charge is 0.497 e. The smallest absolute Gasteiger partial charge is 0.289 e. The fourth-order valence-electron chi connectivity index (χ4n) is 3.75. The maximum atomic E-state index is 12.9. The molecule has 1 aliphatic heterocycles. The Morgan fingerprint density at radius 3 is 2.77 bits per heavy atom. The highest BCUT2D eigenvalue weighted by molar-refractivity contribution is 7.20. The third kappa shape index (κ3) is 3.86. The van der Waals surface area contributed by atoms with E-state index in [0.29, 0.717) is 42.1 Å². The van der Waals surface area contributed by atoms with E-state index in [9.17, 15) is 9.59 Å². The summed E-state index contributed by atoms with van der Waals surface area (Å²) in [6.45, 7) is 1.05. The van der Waals surface area contributed by atoms with Crippen molar-refractivity contribution < 1.29 is 18.7 Å². The van der Waals surface area contributed by atoms with Crippen LogP contribution in [0.1, 0.15) is 23.4 Å². The molecule has 0 atom stereocenters. The van der Waals surface area contributed by atoms with Crippen molar-refractivity contribution in [3.05, 3.63) is 64.5 Å². The Morgan fingerprint density at radius 2 is 1.97 bits per heavy atom. The van der Waals surface area contributed by atoms with Crippen LogP contribution in [0.25, 0.3) is 21.2 Å². The summed E-state index contributed by atoms with van der Waals surface area (Å²) in [5.41, 5.74) is 1.05. The van der Waals surface area contributed by atoms with Crippen LogP contribution >= 0.6 is 11.3 Å². The van der Waals surface area contributed by atoms with Gasteiger partial charge in [0, 0.05) is 38.1 Å². The Morgan fingerprint density at radius 1 is 1.16 bits per heavy atom. The van der Waals surface area contributed by atoms with Crippen LogP contribution in [0.5, 0.6) is 10.9 Å². The van der Waals surface area contributed by atoms with Crippen molar-refractivity contribution in [3.63, 3.8) is 0 Å². The predicted octanol–water partition coefficient (Wildman–Crippen LogP) is 4.09. The monoisotopic (exact) mass is 436 g/mol. The maximum absolute atomic E-state index is 12.9. The van der Waals surface area contributed by atoms with Crippen molar-refractivity contribution in [1.82, 2.24) is 9.88 Å². The molecule has 8 heteroatoms. The van der Waals surface area contributed by atoms with Crippen LogP contribution in [-0.4, -0.2) is 42.1 Å². The summed E-state index contributed by atoms with van der Waals surface area (Å²) in [4.78, 5) is 31.4. The quantitative estimate of drug-likeness (QED) is 0.479. The van der Waals surface area contributed by atoms with Gasteiger partial charge in [0.1, 0.15) is 17.4 Å². The molecule has 3 heterocycles. The van der Waals surface area contributed by atoms with E-state index in [0.717, 1.165) is 16.0 Å². The molecule has 7 nitrogen and oxygen atoms in total. The fraction of sp³-hybridized carbons (Fsp3) is 0.261. The number of methoxy groups -OCH3 is 1. The summed E-state index contributed by atoms with van der Waals surface area (Å²) in [6, 6.07) is 14.0. The minimum atomic E-state index is -0.270. The minimum Gasteiger partial charge on any atom is -0.497 e. The molecule has 4 aromatic rings. The predicted molar refractivity (Wildman–Crippen MR) is 118 cm³/mol. The summed E-state index contributed by atoms with van der Waals surface area (Å²) in [7, 11) is 1.63.